The summed E-state index contributed by atoms with van der Waals surface area (Å²) < 4.78 is 5.83. The van der Waals surface area contributed by atoms with E-state index in [9.17, 15) is 14.7 Å². The number of thiophene rings is 1. The summed E-state index contributed by atoms with van der Waals surface area (Å²) in [6.07, 6.45) is 13.1. The van der Waals surface area contributed by atoms with Gasteiger partial charge in [-0.25, -0.2) is 0 Å². The average molecular weight is 503 g/mol. The van der Waals surface area contributed by atoms with E-state index in [-0.39, 0.29) is 17.8 Å². The third-order valence-corrected chi connectivity index (χ3v) is 8.54. The van der Waals surface area contributed by atoms with Crippen molar-refractivity contribution in [1.29, 1.82) is 0 Å². The van der Waals surface area contributed by atoms with Crippen LogP contribution in [0.4, 0.5) is 0 Å². The van der Waals surface area contributed by atoms with Crippen molar-refractivity contribution in [2.24, 2.45) is 17.8 Å². The Morgan fingerprint density at radius 2 is 2.12 bits per heavy atom. The van der Waals surface area contributed by atoms with Crippen molar-refractivity contribution in [3.05, 3.63) is 58.5 Å². The van der Waals surface area contributed by atoms with Gasteiger partial charge in [0.05, 0.1) is 18.2 Å². The maximum absolute atomic E-state index is 12.7. The number of unbranched alkanes of at least 4 members (excludes halogenated alkanes) is 1. The molecule has 34 heavy (non-hydrogen) atoms. The lowest BCUT2D eigenvalue weighted by atomic mass is 9.85. The summed E-state index contributed by atoms with van der Waals surface area (Å²) >= 11 is 8.23. The van der Waals surface area contributed by atoms with Gasteiger partial charge in [-0.15, -0.1) is 11.3 Å². The molecule has 2 aromatic rings. The molecule has 1 aliphatic carbocycles. The molecular weight excluding hydrogens is 468 g/mol. The van der Waals surface area contributed by atoms with Crippen molar-refractivity contribution < 1.29 is 19.4 Å². The second-order valence-corrected chi connectivity index (χ2v) is 10.5. The number of aliphatic hydroxyl groups is 1. The second kappa shape index (κ2) is 13.2. The van der Waals surface area contributed by atoms with Gasteiger partial charge in [0.2, 0.25) is 0 Å². The van der Waals surface area contributed by atoms with Gasteiger partial charge in [0.25, 0.3) is 0 Å². The van der Waals surface area contributed by atoms with E-state index in [1.165, 1.54) is 11.8 Å². The van der Waals surface area contributed by atoms with Crippen LogP contribution in [0.5, 0.6) is 0 Å². The molecule has 4 nitrogen and oxygen atoms in total. The highest BCUT2D eigenvalue weighted by Gasteiger charge is 2.39. The number of ether oxygens (including phenoxy) is 1. The van der Waals surface area contributed by atoms with E-state index >= 15 is 0 Å². The van der Waals surface area contributed by atoms with E-state index in [4.69, 9.17) is 11.6 Å². The number of aliphatic hydroxyl groups excluding tert-OH is 1. The smallest absolute Gasteiger partial charge is 0.305 e. The predicted octanol–water partition coefficient (Wildman–Crippen LogP) is 6.93. The molecule has 1 unspecified atom stereocenters. The largest absolute Gasteiger partial charge is 0.469 e. The molecule has 4 atom stereocenters. The van der Waals surface area contributed by atoms with Gasteiger partial charge >= 0.3 is 5.97 Å². The number of fused-ring (bicyclic) bond motifs is 1. The van der Waals surface area contributed by atoms with E-state index in [2.05, 4.69) is 36.0 Å². The van der Waals surface area contributed by atoms with Gasteiger partial charge in [-0.2, -0.15) is 0 Å². The van der Waals surface area contributed by atoms with Crippen molar-refractivity contribution in [3.63, 3.8) is 0 Å². The molecule has 1 fully saturated rings. The van der Waals surface area contributed by atoms with E-state index in [1.54, 1.807) is 11.3 Å². The third kappa shape index (κ3) is 7.03. The topological polar surface area (TPSA) is 63.6 Å². The molecule has 0 amide bonds. The van der Waals surface area contributed by atoms with Crippen LogP contribution in [0, 0.1) is 17.8 Å². The first kappa shape index (κ1) is 26.7. The Hall–Kier alpha value is -1.95. The van der Waals surface area contributed by atoms with Crippen LogP contribution >= 0.6 is 22.9 Å². The van der Waals surface area contributed by atoms with E-state index in [1.807, 2.05) is 24.3 Å². The first-order valence-electron chi connectivity index (χ1n) is 12.2. The van der Waals surface area contributed by atoms with Crippen LogP contribution in [0.3, 0.4) is 0 Å². The Kier molecular flexibility index (Phi) is 10.4. The summed E-state index contributed by atoms with van der Waals surface area (Å²) in [5.41, 5.74) is 0. The number of aryl methyl sites for hydroxylation is 1. The average Bonchev–Trinajstić information content (AvgIpc) is 3.33. The molecule has 1 aromatic heterocycles. The molecule has 1 N–H and O–H groups in total. The van der Waals surface area contributed by atoms with Crippen LogP contribution in [-0.4, -0.2) is 30.1 Å². The fourth-order valence-corrected chi connectivity index (χ4v) is 6.31. The minimum Gasteiger partial charge on any atom is -0.469 e. The minimum absolute atomic E-state index is 0.0395. The third-order valence-electron chi connectivity index (χ3n) is 6.77. The number of ketones is 1. The molecule has 6 heteroatoms. The van der Waals surface area contributed by atoms with Crippen molar-refractivity contribution >= 4 is 44.8 Å². The Bertz CT molecular complexity index is 1020. The SMILES string of the molecule is CC[C@@H]1CC(=O)[C@H](CC=CCCCC(=O)OC)[C@H]1C=CC(O)CCc1sc2ccccc2c1Cl. The maximum Gasteiger partial charge on any atom is 0.305 e. The minimum atomic E-state index is -0.566. The zero-order valence-electron chi connectivity index (χ0n) is 20.0. The van der Waals surface area contributed by atoms with Gasteiger partial charge in [-0.1, -0.05) is 67.4 Å². The van der Waals surface area contributed by atoms with Gasteiger partial charge in [-0.05, 0) is 50.0 Å². The number of benzene rings is 1. The standard InChI is InChI=1S/C28H35ClO4S/c1-3-19-18-24(31)22(10-6-4-5-7-13-27(32)33-2)21(19)16-14-20(30)15-17-26-28(29)23-11-8-9-12-25(23)34-26/h4,6,8-9,11-12,14,16,19-22,30H,3,5,7,10,13,15,17-18H2,1-2H3/t19-,20?,21+,22-/m1/s1. The summed E-state index contributed by atoms with van der Waals surface area (Å²) in [7, 11) is 1.40. The molecule has 1 aliphatic rings. The molecule has 0 saturated heterocycles. The zero-order chi connectivity index (χ0) is 24.5. The monoisotopic (exact) mass is 502 g/mol. The summed E-state index contributed by atoms with van der Waals surface area (Å²) in [6.45, 7) is 2.13. The number of allylic oxidation sites excluding steroid dienone is 3. The molecular formula is C28H35ClO4S. The molecule has 1 heterocycles. The number of halogens is 1. The van der Waals surface area contributed by atoms with Crippen molar-refractivity contribution in [2.75, 3.05) is 7.11 Å². The number of hydrogen-bond donors (Lipinski definition) is 1. The van der Waals surface area contributed by atoms with Crippen molar-refractivity contribution in [2.45, 2.75) is 64.4 Å². The Morgan fingerprint density at radius 1 is 1.32 bits per heavy atom. The summed E-state index contributed by atoms with van der Waals surface area (Å²) in [5, 5.41) is 12.5. The summed E-state index contributed by atoms with van der Waals surface area (Å²) in [4.78, 5) is 25.0. The van der Waals surface area contributed by atoms with Gasteiger partial charge in [-0.3, -0.25) is 9.59 Å². The number of esters is 1. The van der Waals surface area contributed by atoms with Crippen LogP contribution in [0.1, 0.15) is 56.7 Å². The van der Waals surface area contributed by atoms with Crippen LogP contribution in [0.15, 0.2) is 48.6 Å². The lowest BCUT2D eigenvalue weighted by molar-refractivity contribution is -0.140. The predicted molar refractivity (Wildman–Crippen MR) is 140 cm³/mol. The van der Waals surface area contributed by atoms with Crippen molar-refractivity contribution in [1.82, 2.24) is 0 Å². The number of methoxy groups -OCH3 is 1. The van der Waals surface area contributed by atoms with Gasteiger partial charge in [0, 0.05) is 33.7 Å². The van der Waals surface area contributed by atoms with Gasteiger partial charge < -0.3 is 9.84 Å². The quantitative estimate of drug-likeness (QED) is 0.194. The molecule has 0 radical (unpaired) electrons. The normalized spacial score (nSPS) is 21.8. The zero-order valence-corrected chi connectivity index (χ0v) is 21.6. The maximum atomic E-state index is 12.7. The lowest BCUT2D eigenvalue weighted by Crippen LogP contribution is -2.16. The van der Waals surface area contributed by atoms with E-state index < -0.39 is 6.10 Å². The number of rotatable bonds is 12. The Morgan fingerprint density at radius 3 is 2.85 bits per heavy atom. The second-order valence-electron chi connectivity index (χ2n) is 9.02. The number of hydrogen-bond acceptors (Lipinski definition) is 5. The highest BCUT2D eigenvalue weighted by Crippen LogP contribution is 2.40. The van der Waals surface area contributed by atoms with Gasteiger partial charge in [0.15, 0.2) is 0 Å². The molecule has 1 saturated carbocycles. The Labute approximate surface area is 211 Å². The number of carbonyl (C=O) groups excluding carboxylic acids is 2. The first-order chi connectivity index (χ1) is 16.4. The van der Waals surface area contributed by atoms with Gasteiger partial charge in [0.1, 0.15) is 5.78 Å². The highest BCUT2D eigenvalue weighted by atomic mass is 35.5. The molecule has 0 spiro atoms. The van der Waals surface area contributed by atoms with Crippen LogP contribution in [0.25, 0.3) is 10.1 Å². The lowest BCUT2D eigenvalue weighted by Gasteiger charge is -2.19. The molecule has 3 rings (SSSR count). The Balaban J connectivity index is 1.54. The van der Waals surface area contributed by atoms with E-state index in [0.29, 0.717) is 37.4 Å². The summed E-state index contributed by atoms with van der Waals surface area (Å²) in [6, 6.07) is 8.10. The van der Waals surface area contributed by atoms with Crippen molar-refractivity contribution in [3.8, 4) is 0 Å². The first-order valence-corrected chi connectivity index (χ1v) is 13.4. The number of carbonyl (C=O) groups is 2. The molecule has 0 bridgehead atoms. The highest BCUT2D eigenvalue weighted by molar-refractivity contribution is 7.19. The molecule has 0 aliphatic heterocycles. The summed E-state index contributed by atoms with van der Waals surface area (Å²) in [5.74, 6) is 0.559. The molecule has 184 valence electrons. The van der Waals surface area contributed by atoms with Crippen LogP contribution in [0.2, 0.25) is 5.02 Å². The number of Topliss-reactive ketones (excluding diaryl/α,β-unsaturated/α-hetero) is 1. The van der Waals surface area contributed by atoms with E-state index in [0.717, 1.165) is 41.0 Å². The van der Waals surface area contributed by atoms with Crippen LogP contribution < -0.4 is 0 Å². The van der Waals surface area contributed by atoms with Crippen LogP contribution in [-0.2, 0) is 20.7 Å². The fourth-order valence-electron chi connectivity index (χ4n) is 4.77. The fraction of sp³-hybridized carbons (Fsp3) is 0.500. The molecule has 1 aromatic carbocycles.